The molecule has 1 amide bonds. The van der Waals surface area contributed by atoms with E-state index >= 15 is 0 Å². The molecule has 5 heteroatoms. The average Bonchev–Trinajstić information content (AvgIpc) is 2.86. The molecule has 2 aromatic rings. The number of esters is 1. The minimum atomic E-state index is -0.804. The van der Waals surface area contributed by atoms with Crippen molar-refractivity contribution in [1.29, 1.82) is 0 Å². The van der Waals surface area contributed by atoms with Crippen LogP contribution in [0.3, 0.4) is 0 Å². The van der Waals surface area contributed by atoms with E-state index < -0.39 is 18.0 Å². The lowest BCUT2D eigenvalue weighted by Crippen LogP contribution is -2.20. The van der Waals surface area contributed by atoms with Crippen molar-refractivity contribution in [2.24, 2.45) is 5.73 Å². The third-order valence-electron chi connectivity index (χ3n) is 3.36. The lowest BCUT2D eigenvalue weighted by molar-refractivity contribution is -0.141. The van der Waals surface area contributed by atoms with Crippen molar-refractivity contribution in [2.45, 2.75) is 6.10 Å². The Morgan fingerprint density at radius 2 is 1.59 bits per heavy atom. The lowest BCUT2D eigenvalue weighted by Gasteiger charge is -2.16. The van der Waals surface area contributed by atoms with Crippen LogP contribution in [0.25, 0.3) is 0 Å². The van der Waals surface area contributed by atoms with E-state index in [0.717, 1.165) is 11.3 Å². The Morgan fingerprint density at radius 1 is 1.00 bits per heavy atom. The van der Waals surface area contributed by atoms with Crippen LogP contribution in [-0.4, -0.2) is 11.9 Å². The number of carbonyl (C=O) groups excluding carboxylic acids is 2. The highest BCUT2D eigenvalue weighted by molar-refractivity contribution is 6.18. The fraction of sp³-hybridized carbons (Fsp3) is 0.0588. The van der Waals surface area contributed by atoms with E-state index in [9.17, 15) is 9.59 Å². The molecule has 0 aromatic heterocycles. The van der Waals surface area contributed by atoms with Crippen LogP contribution in [0.2, 0.25) is 0 Å². The highest BCUT2D eigenvalue weighted by Crippen LogP contribution is 2.35. The summed E-state index contributed by atoms with van der Waals surface area (Å²) in [6.45, 7) is 0. The molecule has 110 valence electrons. The van der Waals surface area contributed by atoms with Gasteiger partial charge in [-0.25, -0.2) is 4.79 Å². The number of ether oxygens (including phenoxy) is 1. The molecule has 22 heavy (non-hydrogen) atoms. The normalized spacial score (nSPS) is 17.3. The van der Waals surface area contributed by atoms with Gasteiger partial charge in [-0.3, -0.25) is 4.79 Å². The molecule has 0 spiro atoms. The molecule has 3 rings (SSSR count). The van der Waals surface area contributed by atoms with Gasteiger partial charge in [0.2, 0.25) is 0 Å². The molecule has 1 heterocycles. The van der Waals surface area contributed by atoms with Gasteiger partial charge in [0.25, 0.3) is 5.91 Å². The van der Waals surface area contributed by atoms with Crippen LogP contribution in [0.4, 0.5) is 5.69 Å². The summed E-state index contributed by atoms with van der Waals surface area (Å²) in [5, 5.41) is 3.08. The highest BCUT2D eigenvalue weighted by Gasteiger charge is 2.38. The topological polar surface area (TPSA) is 81.4 Å². The summed E-state index contributed by atoms with van der Waals surface area (Å²) in [6.07, 6.45) is -0.670. The molecule has 0 bridgehead atoms. The zero-order valence-corrected chi connectivity index (χ0v) is 11.7. The predicted octanol–water partition coefficient (Wildman–Crippen LogP) is 2.14. The van der Waals surface area contributed by atoms with Gasteiger partial charge in [-0.05, 0) is 17.7 Å². The molecule has 0 radical (unpaired) electrons. The second-order valence-electron chi connectivity index (χ2n) is 4.84. The van der Waals surface area contributed by atoms with Gasteiger partial charge in [0.1, 0.15) is 5.57 Å². The van der Waals surface area contributed by atoms with Crippen molar-refractivity contribution in [3.63, 3.8) is 0 Å². The summed E-state index contributed by atoms with van der Waals surface area (Å²) in [5.74, 6) is -1.51. The number of cyclic esters (lactones) is 1. The van der Waals surface area contributed by atoms with Crippen molar-refractivity contribution in [1.82, 2.24) is 0 Å². The Balaban J connectivity index is 2.04. The number of anilines is 1. The summed E-state index contributed by atoms with van der Waals surface area (Å²) in [4.78, 5) is 23.6. The second kappa shape index (κ2) is 5.73. The van der Waals surface area contributed by atoms with E-state index in [1.165, 1.54) is 0 Å². The summed E-state index contributed by atoms with van der Waals surface area (Å²) in [6, 6.07) is 18.4. The monoisotopic (exact) mass is 294 g/mol. The Bertz CT molecular complexity index is 739. The van der Waals surface area contributed by atoms with Gasteiger partial charge in [-0.2, -0.15) is 0 Å². The molecule has 1 aliphatic heterocycles. The first-order chi connectivity index (χ1) is 10.7. The zero-order chi connectivity index (χ0) is 15.5. The van der Waals surface area contributed by atoms with Crippen molar-refractivity contribution < 1.29 is 14.3 Å². The SMILES string of the molecule is NC(=O)C1=C(Nc2ccccc2)C(c2ccccc2)OC1=O. The summed E-state index contributed by atoms with van der Waals surface area (Å²) < 4.78 is 5.33. The fourth-order valence-electron chi connectivity index (χ4n) is 2.37. The Morgan fingerprint density at radius 3 is 2.18 bits per heavy atom. The van der Waals surface area contributed by atoms with Gasteiger partial charge in [0, 0.05) is 5.69 Å². The third kappa shape index (κ3) is 2.56. The minimum Gasteiger partial charge on any atom is -0.447 e. The molecule has 0 fully saturated rings. The second-order valence-corrected chi connectivity index (χ2v) is 4.84. The van der Waals surface area contributed by atoms with Crippen molar-refractivity contribution in [2.75, 3.05) is 5.32 Å². The molecule has 3 N–H and O–H groups in total. The van der Waals surface area contributed by atoms with E-state index in [0.29, 0.717) is 5.70 Å². The van der Waals surface area contributed by atoms with Gasteiger partial charge in [0.15, 0.2) is 6.10 Å². The quantitative estimate of drug-likeness (QED) is 0.668. The Hall–Kier alpha value is -3.08. The van der Waals surface area contributed by atoms with E-state index in [1.807, 2.05) is 60.7 Å². The standard InChI is InChI=1S/C17H14N2O3/c18-16(20)13-14(19-12-9-5-2-6-10-12)15(22-17(13)21)11-7-3-1-4-8-11/h1-10,15,19H,(H2,18,20). The maximum atomic E-state index is 12.0. The van der Waals surface area contributed by atoms with Gasteiger partial charge >= 0.3 is 5.97 Å². The first-order valence-electron chi connectivity index (χ1n) is 6.79. The van der Waals surface area contributed by atoms with Gasteiger partial charge in [0.05, 0.1) is 5.70 Å². The summed E-state index contributed by atoms with van der Waals surface area (Å²) in [7, 11) is 0. The van der Waals surface area contributed by atoms with Crippen LogP contribution in [0.1, 0.15) is 11.7 Å². The number of nitrogens with one attached hydrogen (secondary N) is 1. The number of carbonyl (C=O) groups is 2. The Labute approximate surface area is 127 Å². The van der Waals surface area contributed by atoms with Gasteiger partial charge < -0.3 is 15.8 Å². The van der Waals surface area contributed by atoms with E-state index in [1.54, 1.807) is 0 Å². The zero-order valence-electron chi connectivity index (χ0n) is 11.7. The van der Waals surface area contributed by atoms with Crippen molar-refractivity contribution >= 4 is 17.6 Å². The van der Waals surface area contributed by atoms with Gasteiger partial charge in [-0.1, -0.05) is 48.5 Å². The van der Waals surface area contributed by atoms with Crippen molar-refractivity contribution in [3.8, 4) is 0 Å². The number of para-hydroxylation sites is 1. The van der Waals surface area contributed by atoms with Crippen LogP contribution in [-0.2, 0) is 14.3 Å². The number of primary amides is 1. The summed E-state index contributed by atoms with van der Waals surface area (Å²) in [5.41, 5.74) is 7.08. The predicted molar refractivity (Wildman–Crippen MR) is 81.6 cm³/mol. The molecule has 5 nitrogen and oxygen atoms in total. The van der Waals surface area contributed by atoms with Crippen molar-refractivity contribution in [3.05, 3.63) is 77.5 Å². The molecule has 0 saturated heterocycles. The van der Waals surface area contributed by atoms with Crippen LogP contribution in [0.5, 0.6) is 0 Å². The van der Waals surface area contributed by atoms with Crippen LogP contribution in [0, 0.1) is 0 Å². The number of hydrogen-bond donors (Lipinski definition) is 2. The van der Waals surface area contributed by atoms with Crippen LogP contribution in [0.15, 0.2) is 71.9 Å². The van der Waals surface area contributed by atoms with Crippen LogP contribution >= 0.6 is 0 Å². The average molecular weight is 294 g/mol. The van der Waals surface area contributed by atoms with E-state index in [4.69, 9.17) is 10.5 Å². The van der Waals surface area contributed by atoms with Crippen LogP contribution < -0.4 is 11.1 Å². The summed E-state index contributed by atoms with van der Waals surface area (Å²) >= 11 is 0. The molecule has 1 aliphatic rings. The largest absolute Gasteiger partial charge is 0.447 e. The van der Waals surface area contributed by atoms with E-state index in [2.05, 4.69) is 5.32 Å². The highest BCUT2D eigenvalue weighted by atomic mass is 16.5. The molecule has 1 atom stereocenters. The molecule has 2 aromatic carbocycles. The smallest absolute Gasteiger partial charge is 0.346 e. The maximum absolute atomic E-state index is 12.0. The van der Waals surface area contributed by atoms with Gasteiger partial charge in [-0.15, -0.1) is 0 Å². The maximum Gasteiger partial charge on any atom is 0.346 e. The Kier molecular flexibility index (Phi) is 3.62. The number of rotatable bonds is 4. The van der Waals surface area contributed by atoms with E-state index in [-0.39, 0.29) is 5.57 Å². The number of benzene rings is 2. The molecule has 0 saturated carbocycles. The minimum absolute atomic E-state index is 0.141. The molecular formula is C17H14N2O3. The number of hydrogen-bond acceptors (Lipinski definition) is 4. The molecular weight excluding hydrogens is 280 g/mol. The first kappa shape index (κ1) is 13.9. The third-order valence-corrected chi connectivity index (χ3v) is 3.36. The first-order valence-corrected chi connectivity index (χ1v) is 6.79. The lowest BCUT2D eigenvalue weighted by atomic mass is 10.0. The number of nitrogens with two attached hydrogens (primary N) is 1. The fourth-order valence-corrected chi connectivity index (χ4v) is 2.37. The number of amides is 1. The molecule has 1 unspecified atom stereocenters. The molecule has 0 aliphatic carbocycles.